The van der Waals surface area contributed by atoms with Gasteiger partial charge >= 0.3 is 0 Å². The number of aromatic nitrogens is 2. The fourth-order valence-corrected chi connectivity index (χ4v) is 6.19. The number of hydrogen-bond acceptors (Lipinski definition) is 6. The lowest BCUT2D eigenvalue weighted by Gasteiger charge is -2.38. The number of carbonyl (C=O) groups excluding carboxylic acids is 1. The zero-order valence-corrected chi connectivity index (χ0v) is 17.3. The van der Waals surface area contributed by atoms with Gasteiger partial charge in [-0.3, -0.25) is 9.69 Å². The van der Waals surface area contributed by atoms with Crippen molar-refractivity contribution in [2.24, 2.45) is 5.92 Å². The summed E-state index contributed by atoms with van der Waals surface area (Å²) in [5.41, 5.74) is 7.67. The molecule has 0 aliphatic heterocycles. The molecule has 2 unspecified atom stereocenters. The van der Waals surface area contributed by atoms with Gasteiger partial charge in [0, 0.05) is 25.0 Å². The molecule has 2 aliphatic rings. The fourth-order valence-electron chi connectivity index (χ4n) is 4.95. The van der Waals surface area contributed by atoms with Crippen LogP contribution in [0.4, 0.5) is 5.82 Å². The second kappa shape index (κ2) is 7.36. The maximum atomic E-state index is 12.1. The molecule has 0 bridgehead atoms. The minimum Gasteiger partial charge on any atom is -0.383 e. The average Bonchev–Trinajstić information content (AvgIpc) is 3.21. The molecule has 0 aromatic carbocycles. The van der Waals surface area contributed by atoms with Gasteiger partial charge in [0.1, 0.15) is 17.0 Å². The molecule has 146 valence electrons. The molecule has 27 heavy (non-hydrogen) atoms. The molecule has 2 aromatic rings. The number of anilines is 1. The molecular formula is C20H29N5OS. The Morgan fingerprint density at radius 3 is 2.85 bits per heavy atom. The Hall–Kier alpha value is -1.73. The van der Waals surface area contributed by atoms with Crippen LogP contribution in [0.3, 0.4) is 0 Å². The fraction of sp³-hybridized carbons (Fsp3) is 0.650. The Labute approximate surface area is 164 Å². The second-order valence-electron chi connectivity index (χ2n) is 8.31. The number of thiophene rings is 1. The van der Waals surface area contributed by atoms with E-state index in [-0.39, 0.29) is 5.91 Å². The van der Waals surface area contributed by atoms with Gasteiger partial charge in [-0.2, -0.15) is 0 Å². The van der Waals surface area contributed by atoms with Crippen molar-refractivity contribution in [1.29, 1.82) is 0 Å². The van der Waals surface area contributed by atoms with Crippen LogP contribution in [-0.4, -0.2) is 59.4 Å². The Balaban J connectivity index is 1.54. The molecule has 0 saturated heterocycles. The number of fused-ring (bicyclic) bond motifs is 3. The van der Waals surface area contributed by atoms with Crippen molar-refractivity contribution in [3.63, 3.8) is 0 Å². The Kier molecular flexibility index (Phi) is 5.07. The van der Waals surface area contributed by atoms with Gasteiger partial charge in [0.05, 0.1) is 11.9 Å². The monoisotopic (exact) mass is 387 g/mol. The highest BCUT2D eigenvalue weighted by Gasteiger charge is 2.37. The SMILES string of the molecule is CN(C)C(=O)CN(C)[C@H]1CCCC(C2CCc3sc4ncnc(N)c4c32)C1. The molecule has 2 aromatic heterocycles. The lowest BCUT2D eigenvalue weighted by Crippen LogP contribution is -2.42. The first-order valence-electron chi connectivity index (χ1n) is 9.87. The number of nitrogen functional groups attached to an aromatic ring is 1. The van der Waals surface area contributed by atoms with Crippen molar-refractivity contribution < 1.29 is 4.79 Å². The molecule has 0 radical (unpaired) electrons. The van der Waals surface area contributed by atoms with E-state index in [1.807, 2.05) is 14.1 Å². The molecule has 2 heterocycles. The van der Waals surface area contributed by atoms with E-state index in [0.29, 0.717) is 30.2 Å². The van der Waals surface area contributed by atoms with E-state index in [9.17, 15) is 4.79 Å². The minimum atomic E-state index is 0.177. The van der Waals surface area contributed by atoms with E-state index < -0.39 is 0 Å². The van der Waals surface area contributed by atoms with E-state index >= 15 is 0 Å². The molecule has 2 aliphatic carbocycles. The second-order valence-corrected chi connectivity index (χ2v) is 9.39. The summed E-state index contributed by atoms with van der Waals surface area (Å²) in [5, 5.41) is 1.11. The van der Waals surface area contributed by atoms with Gasteiger partial charge in [-0.1, -0.05) is 6.42 Å². The number of hydrogen-bond donors (Lipinski definition) is 1. The van der Waals surface area contributed by atoms with Crippen molar-refractivity contribution in [3.05, 3.63) is 16.8 Å². The van der Waals surface area contributed by atoms with Crippen molar-refractivity contribution in [2.75, 3.05) is 33.4 Å². The third-order valence-corrected chi connectivity index (χ3v) is 7.62. The lowest BCUT2D eigenvalue weighted by molar-refractivity contribution is -0.130. The summed E-state index contributed by atoms with van der Waals surface area (Å²) >= 11 is 1.80. The van der Waals surface area contributed by atoms with Gasteiger partial charge < -0.3 is 10.6 Å². The van der Waals surface area contributed by atoms with Crippen LogP contribution in [0.25, 0.3) is 10.2 Å². The summed E-state index contributed by atoms with van der Waals surface area (Å²) in [6.07, 6.45) is 8.76. The molecule has 1 amide bonds. The molecule has 7 heteroatoms. The van der Waals surface area contributed by atoms with Gasteiger partial charge in [-0.15, -0.1) is 11.3 Å². The van der Waals surface area contributed by atoms with Crippen LogP contribution < -0.4 is 5.73 Å². The maximum absolute atomic E-state index is 12.1. The number of amides is 1. The summed E-state index contributed by atoms with van der Waals surface area (Å²) < 4.78 is 0. The summed E-state index contributed by atoms with van der Waals surface area (Å²) in [6.45, 7) is 0.502. The number of rotatable bonds is 4. The summed E-state index contributed by atoms with van der Waals surface area (Å²) in [7, 11) is 5.75. The van der Waals surface area contributed by atoms with Crippen LogP contribution in [0.5, 0.6) is 0 Å². The highest BCUT2D eigenvalue weighted by Crippen LogP contribution is 2.50. The van der Waals surface area contributed by atoms with Crippen LogP contribution in [-0.2, 0) is 11.2 Å². The summed E-state index contributed by atoms with van der Waals surface area (Å²) in [4.78, 5) is 27.2. The van der Waals surface area contributed by atoms with E-state index in [0.717, 1.165) is 23.1 Å². The zero-order valence-electron chi connectivity index (χ0n) is 16.4. The van der Waals surface area contributed by atoms with Crippen LogP contribution in [0.1, 0.15) is 48.5 Å². The van der Waals surface area contributed by atoms with Crippen LogP contribution in [0.15, 0.2) is 6.33 Å². The number of carbonyl (C=O) groups is 1. The van der Waals surface area contributed by atoms with Crippen LogP contribution in [0, 0.1) is 5.92 Å². The van der Waals surface area contributed by atoms with Gasteiger partial charge in [-0.25, -0.2) is 9.97 Å². The first-order valence-corrected chi connectivity index (χ1v) is 10.7. The summed E-state index contributed by atoms with van der Waals surface area (Å²) in [6, 6.07) is 0.482. The van der Waals surface area contributed by atoms with Crippen LogP contribution in [0.2, 0.25) is 0 Å². The van der Waals surface area contributed by atoms with Gasteiger partial charge in [0.15, 0.2) is 0 Å². The Morgan fingerprint density at radius 2 is 2.07 bits per heavy atom. The molecule has 1 fully saturated rings. The lowest BCUT2D eigenvalue weighted by atomic mass is 9.75. The predicted octanol–water partition coefficient (Wildman–Crippen LogP) is 2.88. The Bertz CT molecular complexity index is 848. The minimum absolute atomic E-state index is 0.177. The molecule has 0 spiro atoms. The predicted molar refractivity (Wildman–Crippen MR) is 110 cm³/mol. The standard InChI is InChI=1S/C20H29N5OS/c1-24(2)16(26)10-25(3)13-6-4-5-12(9-13)14-7-8-15-17(14)18-19(21)22-11-23-20(18)27-15/h11-14H,4-10H2,1-3H3,(H2,21,22,23)/t12?,13-,14?/m0/s1. The maximum Gasteiger partial charge on any atom is 0.236 e. The van der Waals surface area contributed by atoms with E-state index in [4.69, 9.17) is 5.73 Å². The summed E-state index contributed by atoms with van der Waals surface area (Å²) in [5.74, 6) is 2.02. The third kappa shape index (κ3) is 3.43. The normalized spacial score (nSPS) is 25.1. The molecular weight excluding hydrogens is 358 g/mol. The third-order valence-electron chi connectivity index (χ3n) is 6.45. The largest absolute Gasteiger partial charge is 0.383 e. The highest BCUT2D eigenvalue weighted by atomic mass is 32.1. The number of nitrogens with two attached hydrogens (primary N) is 1. The topological polar surface area (TPSA) is 75.4 Å². The highest BCUT2D eigenvalue weighted by molar-refractivity contribution is 7.19. The smallest absolute Gasteiger partial charge is 0.236 e. The van der Waals surface area contributed by atoms with Crippen molar-refractivity contribution in [2.45, 2.75) is 50.5 Å². The van der Waals surface area contributed by atoms with Crippen molar-refractivity contribution in [1.82, 2.24) is 19.8 Å². The van der Waals surface area contributed by atoms with Crippen molar-refractivity contribution >= 4 is 33.3 Å². The van der Waals surface area contributed by atoms with E-state index in [1.54, 1.807) is 22.6 Å². The zero-order chi connectivity index (χ0) is 19.1. The van der Waals surface area contributed by atoms with Gasteiger partial charge in [0.25, 0.3) is 0 Å². The molecule has 6 nitrogen and oxygen atoms in total. The van der Waals surface area contributed by atoms with Crippen LogP contribution >= 0.6 is 11.3 Å². The average molecular weight is 388 g/mol. The van der Waals surface area contributed by atoms with E-state index in [1.165, 1.54) is 36.1 Å². The quantitative estimate of drug-likeness (QED) is 0.873. The molecule has 4 rings (SSSR count). The number of likely N-dealkylation sites (N-methyl/N-ethyl adjacent to an activating group) is 2. The number of aryl methyl sites for hydroxylation is 1. The van der Waals surface area contributed by atoms with E-state index in [2.05, 4.69) is 21.9 Å². The first kappa shape index (κ1) is 18.6. The molecule has 3 atom stereocenters. The van der Waals surface area contributed by atoms with Crippen molar-refractivity contribution in [3.8, 4) is 0 Å². The van der Waals surface area contributed by atoms with Gasteiger partial charge in [0.2, 0.25) is 5.91 Å². The Morgan fingerprint density at radius 1 is 1.26 bits per heavy atom. The molecule has 1 saturated carbocycles. The number of nitrogens with zero attached hydrogens (tertiary/aromatic N) is 4. The van der Waals surface area contributed by atoms with Gasteiger partial charge in [-0.05, 0) is 56.6 Å². The molecule has 2 N–H and O–H groups in total. The first-order chi connectivity index (χ1) is 13.0.